The van der Waals surface area contributed by atoms with Crippen LogP contribution < -0.4 is 10.6 Å². The molecule has 2 heterocycles. The van der Waals surface area contributed by atoms with Crippen LogP contribution in [0.2, 0.25) is 0 Å². The second-order valence-electron chi connectivity index (χ2n) is 6.33. The lowest BCUT2D eigenvalue weighted by atomic mass is 10.2. The van der Waals surface area contributed by atoms with E-state index in [1.165, 1.54) is 5.01 Å². The summed E-state index contributed by atoms with van der Waals surface area (Å²) in [5.41, 5.74) is 1.14. The summed E-state index contributed by atoms with van der Waals surface area (Å²) in [7, 11) is 0. The highest BCUT2D eigenvalue weighted by Gasteiger charge is 2.09. The number of rotatable bonds is 10. The molecule has 1 aromatic heterocycles. The summed E-state index contributed by atoms with van der Waals surface area (Å²) in [6.07, 6.45) is 4.47. The highest BCUT2D eigenvalue weighted by atomic mass is 32.1. The number of thiazole rings is 1. The molecule has 1 fully saturated rings. The van der Waals surface area contributed by atoms with E-state index >= 15 is 0 Å². The van der Waals surface area contributed by atoms with E-state index in [-0.39, 0.29) is 0 Å². The molecule has 0 aliphatic carbocycles. The minimum absolute atomic E-state index is 0.866. The van der Waals surface area contributed by atoms with Crippen molar-refractivity contribution in [1.29, 1.82) is 0 Å². The van der Waals surface area contributed by atoms with Gasteiger partial charge >= 0.3 is 0 Å². The number of ether oxygens (including phenoxy) is 1. The van der Waals surface area contributed by atoms with E-state index in [1.807, 2.05) is 0 Å². The summed E-state index contributed by atoms with van der Waals surface area (Å²) in [5, 5.41) is 10.1. The van der Waals surface area contributed by atoms with E-state index in [0.29, 0.717) is 0 Å². The predicted octanol–water partition coefficient (Wildman–Crippen LogP) is 2.05. The Hall–Kier alpha value is -1.18. The Bertz CT molecular complexity index is 499. The molecule has 7 heteroatoms. The maximum atomic E-state index is 5.38. The molecule has 6 nitrogen and oxygen atoms in total. The number of unbranched alkanes of at least 4 members (excludes halogenated alkanes) is 1. The molecule has 1 aliphatic rings. The van der Waals surface area contributed by atoms with Crippen molar-refractivity contribution in [2.75, 3.05) is 52.5 Å². The highest BCUT2D eigenvalue weighted by molar-refractivity contribution is 7.09. The molecule has 1 saturated heterocycles. The van der Waals surface area contributed by atoms with Crippen molar-refractivity contribution in [2.45, 2.75) is 39.5 Å². The van der Waals surface area contributed by atoms with Gasteiger partial charge in [-0.2, -0.15) is 0 Å². The number of aliphatic imine (C=N–C) groups is 1. The molecule has 0 saturated carbocycles. The molecular weight excluding hydrogens is 334 g/mol. The predicted molar refractivity (Wildman–Crippen MR) is 106 cm³/mol. The maximum absolute atomic E-state index is 5.38. The van der Waals surface area contributed by atoms with Gasteiger partial charge in [0.1, 0.15) is 0 Å². The Morgan fingerprint density at radius 3 is 2.84 bits per heavy atom. The van der Waals surface area contributed by atoms with Crippen LogP contribution in [0.4, 0.5) is 0 Å². The Labute approximate surface area is 156 Å². The van der Waals surface area contributed by atoms with Gasteiger partial charge in [-0.25, -0.2) is 4.98 Å². The summed E-state index contributed by atoms with van der Waals surface area (Å²) in [4.78, 5) is 11.7. The number of nitrogens with one attached hydrogen (secondary N) is 2. The molecule has 0 spiro atoms. The van der Waals surface area contributed by atoms with Crippen LogP contribution in [-0.2, 0) is 11.2 Å². The van der Waals surface area contributed by atoms with Gasteiger partial charge in [0.15, 0.2) is 5.96 Å². The van der Waals surface area contributed by atoms with Gasteiger partial charge < -0.3 is 15.4 Å². The van der Waals surface area contributed by atoms with Crippen LogP contribution in [0.1, 0.15) is 36.9 Å². The largest absolute Gasteiger partial charge is 0.379 e. The van der Waals surface area contributed by atoms with Gasteiger partial charge in [-0.15, -0.1) is 11.3 Å². The monoisotopic (exact) mass is 367 g/mol. The molecule has 1 aromatic rings. The highest BCUT2D eigenvalue weighted by Crippen LogP contribution is 2.11. The summed E-state index contributed by atoms with van der Waals surface area (Å²) in [6.45, 7) is 11.8. The van der Waals surface area contributed by atoms with Crippen molar-refractivity contribution in [1.82, 2.24) is 20.5 Å². The molecule has 2 N–H and O–H groups in total. The summed E-state index contributed by atoms with van der Waals surface area (Å²) in [5.74, 6) is 0.939. The van der Waals surface area contributed by atoms with Gasteiger partial charge in [0.25, 0.3) is 0 Å². The average Bonchev–Trinajstić information content (AvgIpc) is 3.04. The second kappa shape index (κ2) is 12.2. The lowest BCUT2D eigenvalue weighted by molar-refractivity contribution is 0.0377. The molecule has 25 heavy (non-hydrogen) atoms. The Balaban J connectivity index is 1.56. The van der Waals surface area contributed by atoms with Gasteiger partial charge in [-0.3, -0.25) is 9.89 Å². The number of nitrogens with zero attached hydrogens (tertiary/aromatic N) is 3. The number of hydrogen-bond donors (Lipinski definition) is 2. The second-order valence-corrected chi connectivity index (χ2v) is 7.28. The summed E-state index contributed by atoms with van der Waals surface area (Å²) in [6, 6.07) is 0. The molecule has 142 valence electrons. The smallest absolute Gasteiger partial charge is 0.191 e. The lowest BCUT2D eigenvalue weighted by Gasteiger charge is -2.26. The van der Waals surface area contributed by atoms with Gasteiger partial charge in [-0.05, 0) is 39.5 Å². The zero-order chi connectivity index (χ0) is 17.7. The third kappa shape index (κ3) is 8.65. The molecule has 0 bridgehead atoms. The fraction of sp³-hybridized carbons (Fsp3) is 0.778. The van der Waals surface area contributed by atoms with Crippen LogP contribution in [-0.4, -0.2) is 68.3 Å². The van der Waals surface area contributed by atoms with Crippen LogP contribution in [0.25, 0.3) is 0 Å². The standard InChI is InChI=1S/C18H33N5OS/c1-3-19-18(21-9-6-10-23-11-13-24-14-12-23)20-8-5-4-7-17-22-16(2)15-25-17/h15H,3-14H2,1-2H3,(H2,19,20,21). The first kappa shape index (κ1) is 20.1. The van der Waals surface area contributed by atoms with Crippen molar-refractivity contribution in [3.63, 3.8) is 0 Å². The van der Waals surface area contributed by atoms with E-state index in [0.717, 1.165) is 89.8 Å². The SMILES string of the molecule is CCNC(=NCCCN1CCOCC1)NCCCCc1nc(C)cs1. The maximum Gasteiger partial charge on any atom is 0.191 e. The zero-order valence-corrected chi connectivity index (χ0v) is 16.5. The first-order valence-electron chi connectivity index (χ1n) is 9.51. The number of aryl methyl sites for hydroxylation is 2. The molecular formula is C18H33N5OS. The van der Waals surface area contributed by atoms with E-state index < -0.39 is 0 Å². The van der Waals surface area contributed by atoms with E-state index in [1.54, 1.807) is 11.3 Å². The number of guanidine groups is 1. The molecule has 0 amide bonds. The first-order valence-corrected chi connectivity index (χ1v) is 10.4. The fourth-order valence-electron chi connectivity index (χ4n) is 2.78. The van der Waals surface area contributed by atoms with Gasteiger partial charge in [0, 0.05) is 50.3 Å². The van der Waals surface area contributed by atoms with Crippen molar-refractivity contribution in [3.05, 3.63) is 16.1 Å². The topological polar surface area (TPSA) is 61.8 Å². The summed E-state index contributed by atoms with van der Waals surface area (Å²) < 4.78 is 5.38. The van der Waals surface area contributed by atoms with Crippen LogP contribution in [0.3, 0.4) is 0 Å². The van der Waals surface area contributed by atoms with Crippen molar-refractivity contribution >= 4 is 17.3 Å². The van der Waals surface area contributed by atoms with Gasteiger partial charge in [-0.1, -0.05) is 0 Å². The minimum atomic E-state index is 0.866. The van der Waals surface area contributed by atoms with E-state index in [9.17, 15) is 0 Å². The molecule has 0 atom stereocenters. The molecule has 0 unspecified atom stereocenters. The fourth-order valence-corrected chi connectivity index (χ4v) is 3.60. The number of morpholine rings is 1. The van der Waals surface area contributed by atoms with Crippen LogP contribution in [0.5, 0.6) is 0 Å². The third-order valence-electron chi connectivity index (χ3n) is 4.13. The summed E-state index contributed by atoms with van der Waals surface area (Å²) >= 11 is 1.77. The number of aromatic nitrogens is 1. The first-order chi connectivity index (χ1) is 12.3. The van der Waals surface area contributed by atoms with Crippen LogP contribution in [0, 0.1) is 6.92 Å². The number of hydrogen-bond acceptors (Lipinski definition) is 5. The van der Waals surface area contributed by atoms with Gasteiger partial charge in [0.2, 0.25) is 0 Å². The van der Waals surface area contributed by atoms with Crippen LogP contribution in [0.15, 0.2) is 10.4 Å². The zero-order valence-electron chi connectivity index (χ0n) is 15.7. The van der Waals surface area contributed by atoms with E-state index in [4.69, 9.17) is 4.74 Å². The lowest BCUT2D eigenvalue weighted by Crippen LogP contribution is -2.38. The normalized spacial score (nSPS) is 16.2. The van der Waals surface area contributed by atoms with Crippen molar-refractivity contribution < 1.29 is 4.74 Å². The molecule has 1 aliphatic heterocycles. The Morgan fingerprint density at radius 1 is 1.28 bits per heavy atom. The quantitative estimate of drug-likeness (QED) is 0.376. The Kier molecular flexibility index (Phi) is 9.84. The van der Waals surface area contributed by atoms with Gasteiger partial charge in [0.05, 0.1) is 18.2 Å². The van der Waals surface area contributed by atoms with E-state index in [2.05, 4.69) is 44.7 Å². The molecule has 2 rings (SSSR count). The van der Waals surface area contributed by atoms with Crippen molar-refractivity contribution in [3.8, 4) is 0 Å². The van der Waals surface area contributed by atoms with Crippen molar-refractivity contribution in [2.24, 2.45) is 4.99 Å². The average molecular weight is 368 g/mol. The molecule has 0 radical (unpaired) electrons. The molecule has 0 aromatic carbocycles. The minimum Gasteiger partial charge on any atom is -0.379 e. The Morgan fingerprint density at radius 2 is 2.12 bits per heavy atom. The third-order valence-corrected chi connectivity index (χ3v) is 5.15. The van der Waals surface area contributed by atoms with Crippen LogP contribution >= 0.6 is 11.3 Å².